The molecule has 0 atom stereocenters. The highest BCUT2D eigenvalue weighted by atomic mass is 32.1. The molecule has 1 heterocycles. The molecule has 23 heavy (non-hydrogen) atoms. The van der Waals surface area contributed by atoms with Crippen molar-refractivity contribution < 1.29 is 13.6 Å². The van der Waals surface area contributed by atoms with Crippen molar-refractivity contribution in [3.8, 4) is 0 Å². The van der Waals surface area contributed by atoms with Crippen LogP contribution < -0.4 is 5.32 Å². The van der Waals surface area contributed by atoms with E-state index in [0.29, 0.717) is 29.1 Å². The molecule has 2 saturated carbocycles. The van der Waals surface area contributed by atoms with Gasteiger partial charge in [0.15, 0.2) is 5.69 Å². The monoisotopic (exact) mass is 335 g/mol. The highest BCUT2D eigenvalue weighted by Gasteiger charge is 2.29. The van der Waals surface area contributed by atoms with Gasteiger partial charge < -0.3 is 5.32 Å². The Hall–Kier alpha value is -1.89. The number of hydrogen-bond acceptors (Lipinski definition) is 4. The summed E-state index contributed by atoms with van der Waals surface area (Å²) >= 11 is 0.698. The lowest BCUT2D eigenvalue weighted by Gasteiger charge is -2.10. The second kappa shape index (κ2) is 5.63. The summed E-state index contributed by atoms with van der Waals surface area (Å²) in [5.74, 6) is 0.585. The molecule has 0 radical (unpaired) electrons. The number of benzene rings is 1. The van der Waals surface area contributed by atoms with Crippen LogP contribution in [-0.4, -0.2) is 15.5 Å². The van der Waals surface area contributed by atoms with Crippen molar-refractivity contribution in [3.63, 3.8) is 0 Å². The molecule has 4 rings (SSSR count). The van der Waals surface area contributed by atoms with Gasteiger partial charge in [-0.05, 0) is 72.3 Å². The molecule has 2 aromatic rings. The highest BCUT2D eigenvalue weighted by Crippen LogP contribution is 2.46. The summed E-state index contributed by atoms with van der Waals surface area (Å²) in [6.07, 6.45) is 1.91. The molecule has 2 fully saturated rings. The summed E-state index contributed by atoms with van der Waals surface area (Å²) in [6.45, 7) is 0. The maximum absolute atomic E-state index is 12.8. The van der Waals surface area contributed by atoms with Crippen molar-refractivity contribution >= 4 is 23.1 Å². The number of amides is 1. The molecular weight excluding hydrogens is 320 g/mol. The average molecular weight is 335 g/mol. The molecule has 7 heteroatoms. The van der Waals surface area contributed by atoms with Gasteiger partial charge in [0.1, 0.15) is 4.88 Å². The Labute approximate surface area is 136 Å². The molecule has 1 N–H and O–H groups in total. The summed E-state index contributed by atoms with van der Waals surface area (Å²) in [7, 11) is 0. The lowest BCUT2D eigenvalue weighted by atomic mass is 10.0. The number of halogens is 2. The molecule has 0 bridgehead atoms. The lowest BCUT2D eigenvalue weighted by Crippen LogP contribution is -2.13. The fraction of sp³-hybridized carbons (Fsp3) is 0.438. The van der Waals surface area contributed by atoms with E-state index in [1.807, 2.05) is 12.1 Å². The van der Waals surface area contributed by atoms with Crippen LogP contribution in [0.2, 0.25) is 0 Å². The Morgan fingerprint density at radius 3 is 2.26 bits per heavy atom. The fourth-order valence-electron chi connectivity index (χ4n) is 2.74. The molecule has 0 aliphatic heterocycles. The molecular formula is C16H15F2N3OS. The molecule has 0 unspecified atom stereocenters. The summed E-state index contributed by atoms with van der Waals surface area (Å²) in [5.41, 5.74) is 2.60. The van der Waals surface area contributed by atoms with Gasteiger partial charge in [0.25, 0.3) is 12.3 Å². The van der Waals surface area contributed by atoms with Crippen molar-refractivity contribution in [2.45, 2.75) is 43.9 Å². The molecule has 120 valence electrons. The second-order valence-electron chi connectivity index (χ2n) is 6.18. The van der Waals surface area contributed by atoms with E-state index in [2.05, 4.69) is 21.0 Å². The predicted octanol–water partition coefficient (Wildman–Crippen LogP) is 4.48. The zero-order chi connectivity index (χ0) is 16.0. The maximum Gasteiger partial charge on any atom is 0.283 e. The van der Waals surface area contributed by atoms with Crippen LogP contribution >= 0.6 is 11.5 Å². The Kier molecular flexibility index (Phi) is 3.60. The van der Waals surface area contributed by atoms with Crippen molar-refractivity contribution in [2.75, 3.05) is 5.32 Å². The van der Waals surface area contributed by atoms with Crippen LogP contribution in [0.1, 0.15) is 70.4 Å². The Balaban J connectivity index is 1.60. The number of hydrogen-bond donors (Lipinski definition) is 1. The normalized spacial score (nSPS) is 17.5. The third-order valence-electron chi connectivity index (χ3n) is 4.26. The number of alkyl halides is 2. The molecule has 1 aromatic carbocycles. The van der Waals surface area contributed by atoms with Gasteiger partial charge in [-0.15, -0.1) is 5.10 Å². The summed E-state index contributed by atoms with van der Waals surface area (Å²) in [5, 5.41) is 6.09. The zero-order valence-electron chi connectivity index (χ0n) is 12.3. The molecule has 4 nitrogen and oxygen atoms in total. The third kappa shape index (κ3) is 3.10. The smallest absolute Gasteiger partial charge is 0.283 e. The number of anilines is 1. The number of nitrogens with one attached hydrogen (secondary N) is 1. The Bertz CT molecular complexity index is 723. The highest BCUT2D eigenvalue weighted by molar-refractivity contribution is 7.08. The minimum absolute atomic E-state index is 0.121. The number of carbonyl (C=O) groups excluding carboxylic acids is 1. The number of aromatic nitrogens is 2. The molecule has 0 saturated heterocycles. The van der Waals surface area contributed by atoms with Crippen molar-refractivity contribution in [1.82, 2.24) is 9.59 Å². The van der Waals surface area contributed by atoms with Crippen molar-refractivity contribution in [2.24, 2.45) is 0 Å². The van der Waals surface area contributed by atoms with E-state index < -0.39 is 18.0 Å². The first-order valence-electron chi connectivity index (χ1n) is 7.68. The van der Waals surface area contributed by atoms with E-state index in [1.165, 1.54) is 36.8 Å². The summed E-state index contributed by atoms with van der Waals surface area (Å²) < 4.78 is 29.1. The minimum Gasteiger partial charge on any atom is -0.321 e. The van der Waals surface area contributed by atoms with Crippen LogP contribution in [-0.2, 0) is 0 Å². The first-order valence-corrected chi connectivity index (χ1v) is 8.46. The first-order chi connectivity index (χ1) is 11.1. The van der Waals surface area contributed by atoms with Gasteiger partial charge in [-0.25, -0.2) is 8.78 Å². The van der Waals surface area contributed by atoms with Crippen LogP contribution in [0.3, 0.4) is 0 Å². The van der Waals surface area contributed by atoms with Gasteiger partial charge in [-0.3, -0.25) is 4.79 Å². The van der Waals surface area contributed by atoms with Gasteiger partial charge in [0.2, 0.25) is 0 Å². The third-order valence-corrected chi connectivity index (χ3v) is 5.00. The van der Waals surface area contributed by atoms with Gasteiger partial charge in [0.05, 0.1) is 0 Å². The second-order valence-corrected chi connectivity index (χ2v) is 6.93. The fourth-order valence-corrected chi connectivity index (χ4v) is 3.31. The number of carbonyl (C=O) groups is 1. The molecule has 1 amide bonds. The van der Waals surface area contributed by atoms with E-state index in [9.17, 15) is 13.6 Å². The average Bonchev–Trinajstić information content (AvgIpc) is 3.43. The quantitative estimate of drug-likeness (QED) is 0.876. The van der Waals surface area contributed by atoms with E-state index >= 15 is 0 Å². The number of nitrogens with zero attached hydrogens (tertiary/aromatic N) is 2. The summed E-state index contributed by atoms with van der Waals surface area (Å²) in [6, 6.07) is 6.14. The SMILES string of the molecule is O=C(Nc1cc(C2CC2)cc(C2CC2)c1)c1snnc1C(F)F. The Morgan fingerprint density at radius 2 is 1.74 bits per heavy atom. The first kappa shape index (κ1) is 14.7. The van der Waals surface area contributed by atoms with Crippen LogP contribution in [0.5, 0.6) is 0 Å². The van der Waals surface area contributed by atoms with Crippen LogP contribution in [0, 0.1) is 0 Å². The topological polar surface area (TPSA) is 54.9 Å². The van der Waals surface area contributed by atoms with E-state index in [4.69, 9.17) is 0 Å². The predicted molar refractivity (Wildman–Crippen MR) is 83.2 cm³/mol. The maximum atomic E-state index is 12.8. The van der Waals surface area contributed by atoms with Crippen LogP contribution in [0.25, 0.3) is 0 Å². The van der Waals surface area contributed by atoms with Crippen molar-refractivity contribution in [3.05, 3.63) is 39.9 Å². The van der Waals surface area contributed by atoms with E-state index in [-0.39, 0.29) is 4.88 Å². The van der Waals surface area contributed by atoms with Crippen LogP contribution in [0.15, 0.2) is 18.2 Å². The lowest BCUT2D eigenvalue weighted by molar-refractivity contribution is 0.101. The molecule has 0 spiro atoms. The molecule has 1 aromatic heterocycles. The molecule has 2 aliphatic rings. The minimum atomic E-state index is -2.80. The van der Waals surface area contributed by atoms with Crippen molar-refractivity contribution in [1.29, 1.82) is 0 Å². The standard InChI is InChI=1S/C16H15F2N3OS/c17-15(18)13-14(23-21-20-13)16(22)19-12-6-10(8-1-2-8)5-11(7-12)9-3-4-9/h5-9,15H,1-4H2,(H,19,22). The van der Waals surface area contributed by atoms with Gasteiger partial charge in [-0.1, -0.05) is 10.6 Å². The number of rotatable bonds is 5. The zero-order valence-corrected chi connectivity index (χ0v) is 13.1. The summed E-state index contributed by atoms with van der Waals surface area (Å²) in [4.78, 5) is 12.2. The van der Waals surface area contributed by atoms with Gasteiger partial charge >= 0.3 is 0 Å². The Morgan fingerprint density at radius 1 is 1.13 bits per heavy atom. The molecule has 2 aliphatic carbocycles. The van der Waals surface area contributed by atoms with Gasteiger partial charge in [0, 0.05) is 5.69 Å². The van der Waals surface area contributed by atoms with Gasteiger partial charge in [-0.2, -0.15) is 0 Å². The van der Waals surface area contributed by atoms with E-state index in [0.717, 1.165) is 0 Å². The largest absolute Gasteiger partial charge is 0.321 e. The van der Waals surface area contributed by atoms with Crippen LogP contribution in [0.4, 0.5) is 14.5 Å². The van der Waals surface area contributed by atoms with E-state index in [1.54, 1.807) is 0 Å².